The molecule has 2 aromatic rings. The van der Waals surface area contributed by atoms with Crippen LogP contribution in [0.1, 0.15) is 27.9 Å². The van der Waals surface area contributed by atoms with Gasteiger partial charge in [-0.25, -0.2) is 0 Å². The Morgan fingerprint density at radius 2 is 1.91 bits per heavy atom. The van der Waals surface area contributed by atoms with Crippen LogP contribution in [0, 0.1) is 21.4 Å². The lowest BCUT2D eigenvalue weighted by Crippen LogP contribution is -2.08. The average molecular weight is 312 g/mol. The van der Waals surface area contributed by atoms with E-state index in [9.17, 15) is 25.1 Å². The first kappa shape index (κ1) is 16.0. The molecule has 7 heteroatoms. The van der Waals surface area contributed by atoms with E-state index in [2.05, 4.69) is 0 Å². The number of benzene rings is 2. The van der Waals surface area contributed by atoms with E-state index >= 15 is 0 Å². The number of Topliss-reactive ketones (excluding diaryl/α,β-unsaturated/α-hetero) is 1. The van der Waals surface area contributed by atoms with Gasteiger partial charge in [-0.05, 0) is 12.0 Å². The molecule has 0 aliphatic carbocycles. The summed E-state index contributed by atoms with van der Waals surface area (Å²) in [6, 6.07) is 11.5. The quantitative estimate of drug-likeness (QED) is 0.378. The van der Waals surface area contributed by atoms with Gasteiger partial charge >= 0.3 is 5.69 Å². The second kappa shape index (κ2) is 6.58. The van der Waals surface area contributed by atoms with Crippen molar-refractivity contribution in [3.63, 3.8) is 0 Å². The van der Waals surface area contributed by atoms with Gasteiger partial charge in [0, 0.05) is 12.5 Å². The molecule has 7 nitrogen and oxygen atoms in total. The minimum atomic E-state index is -1.02. The van der Waals surface area contributed by atoms with Crippen LogP contribution in [-0.4, -0.2) is 20.9 Å². The average Bonchev–Trinajstić information content (AvgIpc) is 2.55. The number of ketones is 1. The number of carbonyl (C=O) groups excluding carboxylic acids is 1. The van der Waals surface area contributed by atoms with Crippen molar-refractivity contribution in [3.05, 3.63) is 63.2 Å². The highest BCUT2D eigenvalue weighted by atomic mass is 16.6. The summed E-state index contributed by atoms with van der Waals surface area (Å²) >= 11 is 0. The van der Waals surface area contributed by atoms with Crippen LogP contribution in [-0.2, 0) is 6.42 Å². The van der Waals surface area contributed by atoms with Crippen molar-refractivity contribution in [1.29, 1.82) is 5.26 Å². The van der Waals surface area contributed by atoms with Crippen LogP contribution in [0.5, 0.6) is 11.5 Å². The van der Waals surface area contributed by atoms with Crippen molar-refractivity contribution in [2.24, 2.45) is 0 Å². The summed E-state index contributed by atoms with van der Waals surface area (Å²) in [5.74, 6) is -2.47. The fourth-order valence-corrected chi connectivity index (χ4v) is 2.22. The van der Waals surface area contributed by atoms with Crippen LogP contribution >= 0.6 is 0 Å². The number of phenolic OH excluding ortho intramolecular Hbond substituents is 2. The molecule has 0 fully saturated rings. The number of nitro groups is 1. The summed E-state index contributed by atoms with van der Waals surface area (Å²) in [5.41, 5.74) is -0.904. The van der Waals surface area contributed by atoms with E-state index in [1.165, 1.54) is 0 Å². The normalized spacial score (nSPS) is 10.0. The van der Waals surface area contributed by atoms with Crippen LogP contribution in [0.3, 0.4) is 0 Å². The molecular weight excluding hydrogens is 300 g/mol. The lowest BCUT2D eigenvalue weighted by Gasteiger charge is -2.08. The minimum absolute atomic E-state index is 0.0657. The Hall–Kier alpha value is -3.40. The summed E-state index contributed by atoms with van der Waals surface area (Å²) < 4.78 is 0. The highest BCUT2D eigenvalue weighted by molar-refractivity contribution is 6.03. The predicted molar refractivity (Wildman–Crippen MR) is 80.2 cm³/mol. The molecule has 2 rings (SSSR count). The molecule has 2 N–H and O–H groups in total. The molecule has 0 atom stereocenters. The largest absolute Gasteiger partial charge is 0.504 e. The first-order valence-electron chi connectivity index (χ1n) is 6.66. The zero-order valence-corrected chi connectivity index (χ0v) is 11.9. The number of hydrogen-bond acceptors (Lipinski definition) is 6. The van der Waals surface area contributed by atoms with Gasteiger partial charge in [0.15, 0.2) is 11.5 Å². The van der Waals surface area contributed by atoms with Gasteiger partial charge in [0.1, 0.15) is 11.6 Å². The van der Waals surface area contributed by atoms with E-state index in [1.807, 2.05) is 6.07 Å². The first-order chi connectivity index (χ1) is 11.0. The molecule has 0 spiro atoms. The SMILES string of the molecule is N#Cc1cc(O)c(O)c([N+](=O)[O-])c1C(=O)CCc1ccccc1. The number of nitrogens with zero attached hydrogens (tertiary/aromatic N) is 2. The Labute approximate surface area is 131 Å². The maximum Gasteiger partial charge on any atom is 0.326 e. The molecule has 0 bridgehead atoms. The lowest BCUT2D eigenvalue weighted by atomic mass is 9.96. The maximum atomic E-state index is 12.3. The Morgan fingerprint density at radius 1 is 1.26 bits per heavy atom. The van der Waals surface area contributed by atoms with Gasteiger partial charge in [0.2, 0.25) is 5.75 Å². The lowest BCUT2D eigenvalue weighted by molar-refractivity contribution is -0.386. The molecule has 0 saturated heterocycles. The molecule has 0 saturated carbocycles. The number of rotatable bonds is 5. The summed E-state index contributed by atoms with van der Waals surface area (Å²) in [7, 11) is 0. The number of hydrogen-bond donors (Lipinski definition) is 2. The fourth-order valence-electron chi connectivity index (χ4n) is 2.22. The Morgan fingerprint density at radius 3 is 2.48 bits per heavy atom. The number of nitro benzene ring substituents is 1. The van der Waals surface area contributed by atoms with Gasteiger partial charge in [-0.2, -0.15) is 5.26 Å². The molecule has 0 radical (unpaired) electrons. The van der Waals surface area contributed by atoms with Gasteiger partial charge in [-0.3, -0.25) is 14.9 Å². The number of aromatic hydroxyl groups is 2. The Bertz CT molecular complexity index is 809. The van der Waals surface area contributed by atoms with Crippen LogP contribution < -0.4 is 0 Å². The van der Waals surface area contributed by atoms with Crippen molar-refractivity contribution in [2.75, 3.05) is 0 Å². The van der Waals surface area contributed by atoms with Crippen LogP contribution in [0.4, 0.5) is 5.69 Å². The van der Waals surface area contributed by atoms with Gasteiger partial charge in [-0.15, -0.1) is 0 Å². The van der Waals surface area contributed by atoms with Gasteiger partial charge in [0.25, 0.3) is 0 Å². The third kappa shape index (κ3) is 3.27. The van der Waals surface area contributed by atoms with E-state index in [4.69, 9.17) is 5.26 Å². The smallest absolute Gasteiger partial charge is 0.326 e. The van der Waals surface area contributed by atoms with Crippen molar-refractivity contribution < 1.29 is 19.9 Å². The van der Waals surface area contributed by atoms with Crippen LogP contribution in [0.25, 0.3) is 0 Å². The second-order valence-electron chi connectivity index (χ2n) is 4.79. The van der Waals surface area contributed by atoms with E-state index in [0.717, 1.165) is 11.6 Å². The van der Waals surface area contributed by atoms with E-state index in [1.54, 1.807) is 30.3 Å². The van der Waals surface area contributed by atoms with Gasteiger partial charge in [0.05, 0.1) is 10.5 Å². The van der Waals surface area contributed by atoms with Crippen molar-refractivity contribution in [1.82, 2.24) is 0 Å². The molecule has 0 aliphatic heterocycles. The van der Waals surface area contributed by atoms with E-state index < -0.39 is 33.5 Å². The topological polar surface area (TPSA) is 124 Å². The van der Waals surface area contributed by atoms with Gasteiger partial charge in [-0.1, -0.05) is 30.3 Å². The molecule has 0 aromatic heterocycles. The predicted octanol–water partition coefficient (Wildman–Crippen LogP) is 2.69. The monoisotopic (exact) mass is 312 g/mol. The Kier molecular flexibility index (Phi) is 4.57. The molecular formula is C16H12N2O5. The number of aryl methyl sites for hydroxylation is 1. The summed E-state index contributed by atoms with van der Waals surface area (Å²) in [6.45, 7) is 0. The minimum Gasteiger partial charge on any atom is -0.504 e. The highest BCUT2D eigenvalue weighted by Crippen LogP contribution is 2.40. The maximum absolute atomic E-state index is 12.3. The highest BCUT2D eigenvalue weighted by Gasteiger charge is 2.31. The van der Waals surface area contributed by atoms with Crippen molar-refractivity contribution in [2.45, 2.75) is 12.8 Å². The van der Waals surface area contributed by atoms with Crippen LogP contribution in [0.2, 0.25) is 0 Å². The Balaban J connectivity index is 2.41. The molecule has 0 aliphatic rings. The van der Waals surface area contributed by atoms with E-state index in [0.29, 0.717) is 6.42 Å². The summed E-state index contributed by atoms with van der Waals surface area (Å²) in [5, 5.41) is 39.3. The zero-order chi connectivity index (χ0) is 17.0. The summed E-state index contributed by atoms with van der Waals surface area (Å²) in [6.07, 6.45) is 0.271. The number of phenols is 2. The summed E-state index contributed by atoms with van der Waals surface area (Å²) in [4.78, 5) is 22.5. The molecule has 23 heavy (non-hydrogen) atoms. The molecule has 0 unspecified atom stereocenters. The fraction of sp³-hybridized carbons (Fsp3) is 0.125. The zero-order valence-electron chi connectivity index (χ0n) is 11.9. The second-order valence-corrected chi connectivity index (χ2v) is 4.79. The number of carbonyl (C=O) groups is 1. The van der Waals surface area contributed by atoms with E-state index in [-0.39, 0.29) is 12.0 Å². The molecule has 0 amide bonds. The third-order valence-corrected chi connectivity index (χ3v) is 3.32. The molecule has 0 heterocycles. The van der Waals surface area contributed by atoms with Crippen LogP contribution in [0.15, 0.2) is 36.4 Å². The third-order valence-electron chi connectivity index (χ3n) is 3.32. The van der Waals surface area contributed by atoms with Crippen molar-refractivity contribution in [3.8, 4) is 17.6 Å². The first-order valence-corrected chi connectivity index (χ1v) is 6.66. The van der Waals surface area contributed by atoms with Gasteiger partial charge < -0.3 is 10.2 Å². The molecule has 116 valence electrons. The van der Waals surface area contributed by atoms with Crippen molar-refractivity contribution >= 4 is 11.5 Å². The number of nitriles is 1. The standard InChI is InChI=1S/C16H12N2O5/c17-9-11-8-13(20)16(21)15(18(22)23)14(11)12(19)7-6-10-4-2-1-3-5-10/h1-5,8,20-21H,6-7H2. The molecule has 2 aromatic carbocycles.